The Balaban J connectivity index is 3.34. The lowest BCUT2D eigenvalue weighted by atomic mass is 10.4. The highest BCUT2D eigenvalue weighted by atomic mass is 32.2. The molecule has 0 aliphatic heterocycles. The lowest BCUT2D eigenvalue weighted by Gasteiger charge is -1.95. The largest absolute Gasteiger partial charge is 0.226 e. The molecule has 0 aliphatic rings. The van der Waals surface area contributed by atoms with Crippen molar-refractivity contribution >= 4 is 9.84 Å². The Bertz CT molecular complexity index is 473. The van der Waals surface area contributed by atoms with Gasteiger partial charge in [0.25, 0.3) is 0 Å². The van der Waals surface area contributed by atoms with Gasteiger partial charge in [0.1, 0.15) is 18.1 Å². The summed E-state index contributed by atoms with van der Waals surface area (Å²) in [6, 6.07) is 2.81. The monoisotopic (exact) mass is 195 g/mol. The van der Waals surface area contributed by atoms with Crippen LogP contribution >= 0.6 is 0 Å². The molecule has 1 heterocycles. The van der Waals surface area contributed by atoms with E-state index in [1.165, 1.54) is 0 Å². The van der Waals surface area contributed by atoms with Gasteiger partial charge in [0.2, 0.25) is 9.84 Å². The maximum absolute atomic E-state index is 11.2. The molecule has 1 aromatic rings. The maximum Gasteiger partial charge on any atom is 0.216 e. The highest BCUT2D eigenvalue weighted by Gasteiger charge is 2.11. The fourth-order valence-corrected chi connectivity index (χ4v) is 1.28. The summed E-state index contributed by atoms with van der Waals surface area (Å²) in [5, 5.41) is 9.00. The summed E-state index contributed by atoms with van der Waals surface area (Å²) in [6.45, 7) is 3.13. The number of aromatic nitrogens is 2. The number of hydrogen-bond donors (Lipinski definition) is 0. The van der Waals surface area contributed by atoms with Crippen LogP contribution in [0.4, 0.5) is 0 Å². The van der Waals surface area contributed by atoms with Gasteiger partial charge >= 0.3 is 0 Å². The number of sulfone groups is 1. The molecule has 0 aromatic carbocycles. The first-order chi connectivity index (χ1) is 6.10. The molecular formula is C7H5N3O2S. The molecule has 6 heteroatoms. The molecule has 1 rings (SSSR count). The van der Waals surface area contributed by atoms with Crippen molar-refractivity contribution in [2.75, 3.05) is 0 Å². The van der Waals surface area contributed by atoms with Crippen molar-refractivity contribution in [2.45, 2.75) is 5.03 Å². The third-order valence-electron chi connectivity index (χ3n) is 1.27. The smallest absolute Gasteiger partial charge is 0.216 e. The van der Waals surface area contributed by atoms with Gasteiger partial charge in [-0.2, -0.15) is 5.26 Å². The van der Waals surface area contributed by atoms with Crippen LogP contribution in [-0.2, 0) is 9.84 Å². The standard InChI is InChI=1S/C7H5N3O2S/c1-2-13(11,12)7-3-6(4-8)9-5-10-7/h2-3,5H,1H2. The first kappa shape index (κ1) is 9.35. The molecule has 0 unspecified atom stereocenters. The van der Waals surface area contributed by atoms with Gasteiger partial charge in [-0.3, -0.25) is 0 Å². The molecule has 0 bridgehead atoms. The molecule has 5 nitrogen and oxygen atoms in total. The zero-order valence-corrected chi connectivity index (χ0v) is 7.32. The molecule has 0 radical (unpaired) electrons. The molecule has 0 fully saturated rings. The molecule has 0 saturated carbocycles. The molecule has 0 atom stereocenters. The zero-order chi connectivity index (χ0) is 9.90. The van der Waals surface area contributed by atoms with Gasteiger partial charge in [0, 0.05) is 11.5 Å². The Hall–Kier alpha value is -1.74. The van der Waals surface area contributed by atoms with E-state index in [1.807, 2.05) is 0 Å². The van der Waals surface area contributed by atoms with E-state index < -0.39 is 9.84 Å². The van der Waals surface area contributed by atoms with Crippen LogP contribution in [0.15, 0.2) is 29.4 Å². The summed E-state index contributed by atoms with van der Waals surface area (Å²) in [5.74, 6) is 0. The molecule has 0 spiro atoms. The average Bonchev–Trinajstić information content (AvgIpc) is 2.18. The minimum absolute atomic E-state index is 0.00965. The molecular weight excluding hydrogens is 190 g/mol. The third kappa shape index (κ3) is 1.89. The third-order valence-corrected chi connectivity index (χ3v) is 2.51. The summed E-state index contributed by atoms with van der Waals surface area (Å²) in [7, 11) is -3.57. The summed E-state index contributed by atoms with van der Waals surface area (Å²) in [6.07, 6.45) is 1.02. The van der Waals surface area contributed by atoms with E-state index in [-0.39, 0.29) is 10.7 Å². The van der Waals surface area contributed by atoms with Crippen LogP contribution in [0.3, 0.4) is 0 Å². The molecule has 13 heavy (non-hydrogen) atoms. The van der Waals surface area contributed by atoms with E-state index in [0.717, 1.165) is 17.8 Å². The van der Waals surface area contributed by atoms with Crippen molar-refractivity contribution in [3.8, 4) is 6.07 Å². The van der Waals surface area contributed by atoms with Gasteiger partial charge < -0.3 is 0 Å². The van der Waals surface area contributed by atoms with E-state index in [9.17, 15) is 8.42 Å². The summed E-state index contributed by atoms with van der Waals surface area (Å²) in [5.41, 5.74) is 0.00965. The molecule has 0 amide bonds. The number of nitrogens with zero attached hydrogens (tertiary/aromatic N) is 3. The van der Waals surface area contributed by atoms with Gasteiger partial charge in [-0.15, -0.1) is 0 Å². The van der Waals surface area contributed by atoms with Crippen LogP contribution in [0.2, 0.25) is 0 Å². The van der Waals surface area contributed by atoms with Crippen LogP contribution < -0.4 is 0 Å². The second-order valence-corrected chi connectivity index (χ2v) is 3.91. The van der Waals surface area contributed by atoms with Crippen molar-refractivity contribution in [3.05, 3.63) is 30.1 Å². The van der Waals surface area contributed by atoms with Crippen molar-refractivity contribution in [2.24, 2.45) is 0 Å². The number of hydrogen-bond acceptors (Lipinski definition) is 5. The van der Waals surface area contributed by atoms with E-state index >= 15 is 0 Å². The molecule has 1 aromatic heterocycles. The minimum Gasteiger partial charge on any atom is -0.226 e. The van der Waals surface area contributed by atoms with Crippen LogP contribution in [0.5, 0.6) is 0 Å². The highest BCUT2D eigenvalue weighted by molar-refractivity contribution is 7.94. The fraction of sp³-hybridized carbons (Fsp3) is 0. The lowest BCUT2D eigenvalue weighted by molar-refractivity contribution is 0.600. The van der Waals surface area contributed by atoms with Crippen molar-refractivity contribution in [1.82, 2.24) is 9.97 Å². The normalized spacial score (nSPS) is 10.4. The summed E-state index contributed by atoms with van der Waals surface area (Å²) >= 11 is 0. The van der Waals surface area contributed by atoms with Crippen LogP contribution in [0.25, 0.3) is 0 Å². The van der Waals surface area contributed by atoms with E-state index in [4.69, 9.17) is 5.26 Å². The van der Waals surface area contributed by atoms with Crippen molar-refractivity contribution < 1.29 is 8.42 Å². The maximum atomic E-state index is 11.2. The SMILES string of the molecule is C=CS(=O)(=O)c1cc(C#N)ncn1. The Labute approximate surface area is 75.3 Å². The van der Waals surface area contributed by atoms with Crippen LogP contribution in [0.1, 0.15) is 5.69 Å². The molecule has 0 N–H and O–H groups in total. The quantitative estimate of drug-likeness (QED) is 0.632. The van der Waals surface area contributed by atoms with Crippen molar-refractivity contribution in [3.63, 3.8) is 0 Å². The zero-order valence-electron chi connectivity index (χ0n) is 6.51. The molecule has 0 aliphatic carbocycles. The molecule has 0 saturated heterocycles. The van der Waals surface area contributed by atoms with E-state index in [1.54, 1.807) is 6.07 Å². The van der Waals surface area contributed by atoms with E-state index in [2.05, 4.69) is 16.5 Å². The lowest BCUT2D eigenvalue weighted by Crippen LogP contribution is -2.00. The van der Waals surface area contributed by atoms with Gasteiger partial charge in [-0.05, 0) is 0 Å². The topological polar surface area (TPSA) is 83.7 Å². The van der Waals surface area contributed by atoms with Crippen LogP contribution in [0, 0.1) is 11.3 Å². The molecule has 66 valence electrons. The Morgan fingerprint density at radius 3 is 2.77 bits per heavy atom. The predicted octanol–water partition coefficient (Wildman–Crippen LogP) is 0.265. The van der Waals surface area contributed by atoms with Crippen molar-refractivity contribution in [1.29, 1.82) is 5.26 Å². The highest BCUT2D eigenvalue weighted by Crippen LogP contribution is 2.07. The van der Waals surface area contributed by atoms with Gasteiger partial charge in [0.05, 0.1) is 0 Å². The Morgan fingerprint density at radius 2 is 2.23 bits per heavy atom. The second-order valence-electron chi connectivity index (χ2n) is 2.06. The Morgan fingerprint density at radius 1 is 1.54 bits per heavy atom. The first-order valence-corrected chi connectivity index (χ1v) is 4.74. The minimum atomic E-state index is -3.57. The number of rotatable bonds is 2. The fourth-order valence-electron chi connectivity index (χ4n) is 0.642. The average molecular weight is 195 g/mol. The summed E-state index contributed by atoms with van der Waals surface area (Å²) < 4.78 is 22.3. The van der Waals surface area contributed by atoms with E-state index in [0.29, 0.717) is 0 Å². The summed E-state index contributed by atoms with van der Waals surface area (Å²) in [4.78, 5) is 7.04. The first-order valence-electron chi connectivity index (χ1n) is 3.20. The predicted molar refractivity (Wildman–Crippen MR) is 44.1 cm³/mol. The Kier molecular flexibility index (Phi) is 2.39. The number of nitriles is 1. The van der Waals surface area contributed by atoms with Gasteiger partial charge in [0.15, 0.2) is 5.03 Å². The van der Waals surface area contributed by atoms with Gasteiger partial charge in [-0.25, -0.2) is 18.4 Å². The van der Waals surface area contributed by atoms with Gasteiger partial charge in [-0.1, -0.05) is 6.58 Å². The second kappa shape index (κ2) is 3.33. The van der Waals surface area contributed by atoms with Crippen LogP contribution in [-0.4, -0.2) is 18.4 Å².